The molecular formula is C17H13ClN4O. The Morgan fingerprint density at radius 1 is 1.35 bits per heavy atom. The SMILES string of the molecule is Cc1cnc2c(C#N)c(C3(c4ccc(Cl)cc4)CC3)[nH]n2c1=O. The van der Waals surface area contributed by atoms with Gasteiger partial charge < -0.3 is 0 Å². The van der Waals surface area contributed by atoms with Gasteiger partial charge >= 0.3 is 0 Å². The number of nitriles is 1. The van der Waals surface area contributed by atoms with Crippen LogP contribution >= 0.6 is 11.6 Å². The van der Waals surface area contributed by atoms with Crippen LogP contribution in [0.1, 0.15) is 35.2 Å². The molecular weight excluding hydrogens is 312 g/mol. The van der Waals surface area contributed by atoms with Gasteiger partial charge in [0.25, 0.3) is 5.56 Å². The second kappa shape index (κ2) is 4.71. The van der Waals surface area contributed by atoms with Gasteiger partial charge in [-0.1, -0.05) is 23.7 Å². The van der Waals surface area contributed by atoms with Crippen molar-refractivity contribution in [3.63, 3.8) is 0 Å². The molecule has 1 aromatic carbocycles. The van der Waals surface area contributed by atoms with Crippen molar-refractivity contribution in [3.8, 4) is 6.07 Å². The summed E-state index contributed by atoms with van der Waals surface area (Å²) in [5.41, 5.74) is 2.78. The number of halogens is 1. The molecule has 23 heavy (non-hydrogen) atoms. The first-order valence-electron chi connectivity index (χ1n) is 7.34. The molecule has 0 aliphatic heterocycles. The average Bonchev–Trinajstić information content (AvgIpc) is 3.26. The summed E-state index contributed by atoms with van der Waals surface area (Å²) < 4.78 is 1.37. The molecule has 0 amide bonds. The van der Waals surface area contributed by atoms with Crippen molar-refractivity contribution < 1.29 is 0 Å². The molecule has 5 nitrogen and oxygen atoms in total. The lowest BCUT2D eigenvalue weighted by Crippen LogP contribution is -2.18. The number of aromatic amines is 1. The molecule has 114 valence electrons. The van der Waals surface area contributed by atoms with E-state index in [1.165, 1.54) is 10.7 Å². The molecule has 0 spiro atoms. The molecule has 3 aromatic rings. The Kier molecular flexibility index (Phi) is 2.87. The van der Waals surface area contributed by atoms with E-state index in [1.54, 1.807) is 6.92 Å². The Labute approximate surface area is 137 Å². The predicted molar refractivity (Wildman–Crippen MR) is 86.7 cm³/mol. The summed E-state index contributed by atoms with van der Waals surface area (Å²) in [6, 6.07) is 9.86. The maximum Gasteiger partial charge on any atom is 0.275 e. The standard InChI is InChI=1S/C17H13ClN4O/c1-10-9-20-15-13(8-19)14(21-22(15)16(10)23)17(6-7-17)11-2-4-12(18)5-3-11/h2-5,9,21H,6-7H2,1H3. The van der Waals surface area contributed by atoms with E-state index < -0.39 is 0 Å². The first kappa shape index (κ1) is 14.0. The van der Waals surface area contributed by atoms with Crippen molar-refractivity contribution in [2.75, 3.05) is 0 Å². The van der Waals surface area contributed by atoms with Gasteiger partial charge in [-0.15, -0.1) is 0 Å². The number of H-pyrrole nitrogens is 1. The summed E-state index contributed by atoms with van der Waals surface area (Å²) in [4.78, 5) is 16.6. The number of aromatic nitrogens is 3. The molecule has 1 N–H and O–H groups in total. The maximum atomic E-state index is 12.3. The maximum absolute atomic E-state index is 12.3. The van der Waals surface area contributed by atoms with Crippen molar-refractivity contribution in [1.29, 1.82) is 5.26 Å². The molecule has 1 aliphatic carbocycles. The Bertz CT molecular complexity index is 1020. The smallest absolute Gasteiger partial charge is 0.275 e. The number of rotatable bonds is 2. The van der Waals surface area contributed by atoms with Crippen LogP contribution in [0.15, 0.2) is 35.3 Å². The minimum absolute atomic E-state index is 0.176. The van der Waals surface area contributed by atoms with Gasteiger partial charge in [0.05, 0.1) is 5.69 Å². The highest BCUT2D eigenvalue weighted by molar-refractivity contribution is 6.30. The minimum atomic E-state index is -0.260. The van der Waals surface area contributed by atoms with E-state index in [4.69, 9.17) is 11.6 Å². The van der Waals surface area contributed by atoms with Crippen LogP contribution in [0.4, 0.5) is 0 Å². The highest BCUT2D eigenvalue weighted by atomic mass is 35.5. The molecule has 0 radical (unpaired) electrons. The summed E-state index contributed by atoms with van der Waals surface area (Å²) in [5.74, 6) is 0. The van der Waals surface area contributed by atoms with E-state index >= 15 is 0 Å². The Balaban J connectivity index is 1.99. The number of nitrogens with one attached hydrogen (secondary N) is 1. The Morgan fingerprint density at radius 3 is 2.65 bits per heavy atom. The second-order valence-corrected chi connectivity index (χ2v) is 6.40. The minimum Gasteiger partial charge on any atom is -0.291 e. The fourth-order valence-electron chi connectivity index (χ4n) is 3.13. The normalized spacial score (nSPS) is 15.5. The highest BCUT2D eigenvalue weighted by Crippen LogP contribution is 2.54. The average molecular weight is 325 g/mol. The lowest BCUT2D eigenvalue weighted by Gasteiger charge is -2.14. The lowest BCUT2D eigenvalue weighted by molar-refractivity contribution is 0.757. The molecule has 0 unspecified atom stereocenters. The summed E-state index contributed by atoms with van der Waals surface area (Å²) in [7, 11) is 0. The number of benzene rings is 1. The van der Waals surface area contributed by atoms with Crippen molar-refractivity contribution in [3.05, 3.63) is 68.2 Å². The fourth-order valence-corrected chi connectivity index (χ4v) is 3.26. The third-order valence-electron chi connectivity index (χ3n) is 4.57. The van der Waals surface area contributed by atoms with Crippen molar-refractivity contribution >= 4 is 17.2 Å². The second-order valence-electron chi connectivity index (χ2n) is 5.97. The Morgan fingerprint density at radius 2 is 2.04 bits per heavy atom. The molecule has 1 aliphatic rings. The van der Waals surface area contributed by atoms with E-state index in [0.29, 0.717) is 21.8 Å². The first-order valence-corrected chi connectivity index (χ1v) is 7.71. The van der Waals surface area contributed by atoms with E-state index in [9.17, 15) is 10.1 Å². The summed E-state index contributed by atoms with van der Waals surface area (Å²) in [5, 5.41) is 13.4. The zero-order valence-electron chi connectivity index (χ0n) is 12.4. The zero-order chi connectivity index (χ0) is 16.2. The molecule has 1 fully saturated rings. The van der Waals surface area contributed by atoms with Crippen molar-refractivity contribution in [2.45, 2.75) is 25.2 Å². The molecule has 2 aromatic heterocycles. The van der Waals surface area contributed by atoms with Gasteiger partial charge in [0.1, 0.15) is 11.6 Å². The van der Waals surface area contributed by atoms with Crippen LogP contribution in [-0.4, -0.2) is 14.6 Å². The molecule has 2 heterocycles. The van der Waals surface area contributed by atoms with Crippen LogP contribution in [0.3, 0.4) is 0 Å². The predicted octanol–water partition coefficient (Wildman–Crippen LogP) is 2.94. The largest absolute Gasteiger partial charge is 0.291 e. The molecule has 0 atom stereocenters. The van der Waals surface area contributed by atoms with Gasteiger partial charge in [0.2, 0.25) is 0 Å². The van der Waals surface area contributed by atoms with E-state index in [2.05, 4.69) is 16.2 Å². The molecule has 6 heteroatoms. The molecule has 4 rings (SSSR count). The van der Waals surface area contributed by atoms with Gasteiger partial charge in [0.15, 0.2) is 5.65 Å². The Hall–Kier alpha value is -2.58. The fraction of sp³-hybridized carbons (Fsp3) is 0.235. The number of fused-ring (bicyclic) bond motifs is 1. The van der Waals surface area contributed by atoms with Crippen LogP contribution in [0.5, 0.6) is 0 Å². The zero-order valence-corrected chi connectivity index (χ0v) is 13.2. The quantitative estimate of drug-likeness (QED) is 0.787. The van der Waals surface area contributed by atoms with Crippen LogP contribution in [0.2, 0.25) is 5.02 Å². The van der Waals surface area contributed by atoms with Crippen LogP contribution in [0, 0.1) is 18.3 Å². The van der Waals surface area contributed by atoms with Crippen molar-refractivity contribution in [2.24, 2.45) is 0 Å². The van der Waals surface area contributed by atoms with Crippen LogP contribution in [-0.2, 0) is 5.41 Å². The first-order chi connectivity index (χ1) is 11.1. The third-order valence-corrected chi connectivity index (χ3v) is 4.82. The number of nitrogens with zero attached hydrogens (tertiary/aromatic N) is 3. The number of aryl methyl sites for hydroxylation is 1. The summed E-state index contributed by atoms with van der Waals surface area (Å²) in [6.45, 7) is 1.71. The van der Waals surface area contributed by atoms with E-state index in [0.717, 1.165) is 24.1 Å². The van der Waals surface area contributed by atoms with Gasteiger partial charge in [0, 0.05) is 22.2 Å². The molecule has 0 bridgehead atoms. The van der Waals surface area contributed by atoms with Gasteiger partial charge in [-0.2, -0.15) is 9.78 Å². The van der Waals surface area contributed by atoms with Crippen LogP contribution in [0.25, 0.3) is 5.65 Å². The lowest BCUT2D eigenvalue weighted by atomic mass is 9.90. The highest BCUT2D eigenvalue weighted by Gasteiger charge is 2.49. The van der Waals surface area contributed by atoms with Crippen molar-refractivity contribution in [1.82, 2.24) is 14.6 Å². The summed E-state index contributed by atoms with van der Waals surface area (Å²) >= 11 is 5.97. The van der Waals surface area contributed by atoms with Crippen LogP contribution < -0.4 is 5.56 Å². The van der Waals surface area contributed by atoms with E-state index in [-0.39, 0.29) is 11.0 Å². The summed E-state index contributed by atoms with van der Waals surface area (Å²) in [6.07, 6.45) is 3.35. The molecule has 0 saturated heterocycles. The number of hydrogen-bond acceptors (Lipinski definition) is 3. The van der Waals surface area contributed by atoms with Gasteiger partial charge in [-0.3, -0.25) is 9.89 Å². The molecule has 1 saturated carbocycles. The topological polar surface area (TPSA) is 73.9 Å². The third kappa shape index (κ3) is 1.92. The number of hydrogen-bond donors (Lipinski definition) is 1. The monoisotopic (exact) mass is 324 g/mol. The van der Waals surface area contributed by atoms with E-state index in [1.807, 2.05) is 24.3 Å². The van der Waals surface area contributed by atoms with Gasteiger partial charge in [-0.25, -0.2) is 4.98 Å². The van der Waals surface area contributed by atoms with Gasteiger partial charge in [-0.05, 0) is 37.5 Å².